The van der Waals surface area contributed by atoms with Crippen molar-refractivity contribution < 1.29 is 18.3 Å². The fourth-order valence-corrected chi connectivity index (χ4v) is 2.25. The molecule has 0 spiro atoms. The van der Waals surface area contributed by atoms with Gasteiger partial charge in [-0.25, -0.2) is 0 Å². The zero-order valence-corrected chi connectivity index (χ0v) is 12.0. The first kappa shape index (κ1) is 15.9. The molecule has 0 amide bonds. The first-order chi connectivity index (χ1) is 9.68. The van der Waals surface area contributed by atoms with Crippen molar-refractivity contribution in [1.82, 2.24) is 0 Å². The Morgan fingerprint density at radius 3 is 1.86 bits per heavy atom. The fourth-order valence-electron chi connectivity index (χ4n) is 2.12. The van der Waals surface area contributed by atoms with Crippen LogP contribution in [0.5, 0.6) is 0 Å². The summed E-state index contributed by atoms with van der Waals surface area (Å²) in [6.45, 7) is 1.57. The Balaban J connectivity index is 2.21. The molecule has 2 aromatic rings. The van der Waals surface area contributed by atoms with Crippen LogP contribution < -0.4 is 0 Å². The Labute approximate surface area is 126 Å². The van der Waals surface area contributed by atoms with E-state index < -0.39 is 17.3 Å². The average molecular weight is 315 g/mol. The molecule has 21 heavy (non-hydrogen) atoms. The van der Waals surface area contributed by atoms with Crippen LogP contribution in [0.15, 0.2) is 48.5 Å². The smallest absolute Gasteiger partial charge is 0.385 e. The van der Waals surface area contributed by atoms with Gasteiger partial charge in [0.15, 0.2) is 0 Å². The lowest BCUT2D eigenvalue weighted by atomic mass is 9.88. The Kier molecular flexibility index (Phi) is 4.30. The zero-order valence-electron chi connectivity index (χ0n) is 11.3. The minimum absolute atomic E-state index is 0.287. The van der Waals surface area contributed by atoms with Crippen LogP contribution in [0.25, 0.3) is 0 Å². The molecule has 0 heterocycles. The van der Waals surface area contributed by atoms with Crippen LogP contribution in [-0.4, -0.2) is 5.11 Å². The van der Waals surface area contributed by atoms with Gasteiger partial charge in [-0.3, -0.25) is 0 Å². The molecule has 1 N–H and O–H groups in total. The first-order valence-electron chi connectivity index (χ1n) is 6.33. The molecule has 0 saturated heterocycles. The summed E-state index contributed by atoms with van der Waals surface area (Å²) in [5.41, 5.74) is -0.693. The van der Waals surface area contributed by atoms with Crippen molar-refractivity contribution >= 4 is 11.6 Å². The van der Waals surface area contributed by atoms with Crippen molar-refractivity contribution in [2.75, 3.05) is 0 Å². The molecule has 112 valence electrons. The minimum atomic E-state index is -4.37. The van der Waals surface area contributed by atoms with Crippen molar-refractivity contribution in [3.63, 3.8) is 0 Å². The summed E-state index contributed by atoms with van der Waals surface area (Å²) >= 11 is 5.79. The van der Waals surface area contributed by atoms with Gasteiger partial charge < -0.3 is 5.11 Å². The molecule has 1 atom stereocenters. The average Bonchev–Trinajstić information content (AvgIpc) is 2.40. The second-order valence-corrected chi connectivity index (χ2v) is 5.59. The highest BCUT2D eigenvalue weighted by molar-refractivity contribution is 6.30. The maximum Gasteiger partial charge on any atom is 0.416 e. The van der Waals surface area contributed by atoms with E-state index in [1.165, 1.54) is 12.1 Å². The molecule has 1 unspecified atom stereocenters. The quantitative estimate of drug-likeness (QED) is 0.862. The van der Waals surface area contributed by atoms with E-state index in [0.29, 0.717) is 10.6 Å². The topological polar surface area (TPSA) is 20.2 Å². The van der Waals surface area contributed by atoms with Gasteiger partial charge in [0.2, 0.25) is 0 Å². The molecule has 0 aromatic heterocycles. The number of aliphatic hydroxyl groups is 1. The highest BCUT2D eigenvalue weighted by atomic mass is 35.5. The van der Waals surface area contributed by atoms with Gasteiger partial charge in [0.05, 0.1) is 11.2 Å². The van der Waals surface area contributed by atoms with E-state index in [2.05, 4.69) is 0 Å². The predicted octanol–water partition coefficient (Wildman–Crippen LogP) is 4.81. The van der Waals surface area contributed by atoms with Gasteiger partial charge >= 0.3 is 6.18 Å². The van der Waals surface area contributed by atoms with Crippen molar-refractivity contribution in [3.8, 4) is 0 Å². The summed E-state index contributed by atoms with van der Waals surface area (Å²) in [6, 6.07) is 11.5. The Bertz CT molecular complexity index is 601. The molecule has 2 rings (SSSR count). The van der Waals surface area contributed by atoms with E-state index in [0.717, 1.165) is 17.7 Å². The Morgan fingerprint density at radius 2 is 1.38 bits per heavy atom. The molecule has 0 fully saturated rings. The largest absolute Gasteiger partial charge is 0.416 e. The van der Waals surface area contributed by atoms with Crippen LogP contribution in [0.2, 0.25) is 5.02 Å². The molecule has 0 aliphatic rings. The molecular weight excluding hydrogens is 301 g/mol. The van der Waals surface area contributed by atoms with Crippen LogP contribution >= 0.6 is 11.6 Å². The van der Waals surface area contributed by atoms with Crippen molar-refractivity contribution in [2.24, 2.45) is 0 Å². The number of halogens is 4. The number of benzene rings is 2. The van der Waals surface area contributed by atoms with Gasteiger partial charge in [-0.1, -0.05) is 35.9 Å². The predicted molar refractivity (Wildman–Crippen MR) is 76.2 cm³/mol. The number of hydrogen-bond donors (Lipinski definition) is 1. The normalized spacial score (nSPS) is 14.8. The van der Waals surface area contributed by atoms with Gasteiger partial charge in [0, 0.05) is 11.4 Å². The van der Waals surface area contributed by atoms with E-state index in [9.17, 15) is 18.3 Å². The van der Waals surface area contributed by atoms with Crippen LogP contribution in [0, 0.1) is 0 Å². The lowest BCUT2D eigenvalue weighted by Crippen LogP contribution is -2.24. The summed E-state index contributed by atoms with van der Waals surface area (Å²) in [7, 11) is 0. The summed E-state index contributed by atoms with van der Waals surface area (Å²) in [6.07, 6.45) is -4.09. The summed E-state index contributed by atoms with van der Waals surface area (Å²) in [5, 5.41) is 11.1. The van der Waals surface area contributed by atoms with Crippen LogP contribution in [0.1, 0.15) is 23.6 Å². The maximum absolute atomic E-state index is 12.5. The van der Waals surface area contributed by atoms with Crippen molar-refractivity contribution in [1.29, 1.82) is 0 Å². The third-order valence-corrected chi connectivity index (χ3v) is 3.55. The second-order valence-electron chi connectivity index (χ2n) is 5.15. The third-order valence-electron chi connectivity index (χ3n) is 3.30. The lowest BCUT2D eigenvalue weighted by molar-refractivity contribution is -0.137. The van der Waals surface area contributed by atoms with Crippen molar-refractivity contribution in [2.45, 2.75) is 25.1 Å². The molecule has 0 radical (unpaired) electrons. The highest BCUT2D eigenvalue weighted by Gasteiger charge is 2.31. The second kappa shape index (κ2) is 5.70. The van der Waals surface area contributed by atoms with Crippen molar-refractivity contribution in [3.05, 3.63) is 70.2 Å². The van der Waals surface area contributed by atoms with Gasteiger partial charge in [-0.15, -0.1) is 0 Å². The van der Waals surface area contributed by atoms with E-state index in [4.69, 9.17) is 11.6 Å². The van der Waals surface area contributed by atoms with E-state index in [-0.39, 0.29) is 6.42 Å². The number of rotatable bonds is 3. The van der Waals surface area contributed by atoms with E-state index >= 15 is 0 Å². The molecule has 5 heteroatoms. The van der Waals surface area contributed by atoms with Crippen LogP contribution in [0.4, 0.5) is 13.2 Å². The first-order valence-corrected chi connectivity index (χ1v) is 6.71. The number of alkyl halides is 3. The molecule has 0 aliphatic heterocycles. The SMILES string of the molecule is CC(O)(Cc1ccc(Cl)cc1)c1ccc(C(F)(F)F)cc1. The molecule has 0 aliphatic carbocycles. The van der Waals surface area contributed by atoms with Gasteiger partial charge in [0.25, 0.3) is 0 Å². The minimum Gasteiger partial charge on any atom is -0.385 e. The summed E-state index contributed by atoms with van der Waals surface area (Å²) < 4.78 is 37.6. The van der Waals surface area contributed by atoms with E-state index in [1.54, 1.807) is 31.2 Å². The van der Waals surface area contributed by atoms with E-state index in [1.807, 2.05) is 0 Å². The fraction of sp³-hybridized carbons (Fsp3) is 0.250. The summed E-state index contributed by atoms with van der Waals surface area (Å²) in [5.74, 6) is 0. The Hall–Kier alpha value is -1.52. The molecule has 2 aromatic carbocycles. The lowest BCUT2D eigenvalue weighted by Gasteiger charge is -2.24. The third kappa shape index (κ3) is 3.99. The van der Waals surface area contributed by atoms with Gasteiger partial charge in [-0.2, -0.15) is 13.2 Å². The van der Waals surface area contributed by atoms with Crippen LogP contribution in [-0.2, 0) is 18.2 Å². The summed E-state index contributed by atoms with van der Waals surface area (Å²) in [4.78, 5) is 0. The number of hydrogen-bond acceptors (Lipinski definition) is 1. The molecule has 1 nitrogen and oxygen atoms in total. The standard InChI is InChI=1S/C16H14ClF3O/c1-15(21,10-11-2-8-14(17)9-3-11)12-4-6-13(7-5-12)16(18,19)20/h2-9,21H,10H2,1H3. The van der Waals surface area contributed by atoms with Gasteiger partial charge in [0.1, 0.15) is 0 Å². The van der Waals surface area contributed by atoms with Gasteiger partial charge in [-0.05, 0) is 42.3 Å². The molecule has 0 bridgehead atoms. The highest BCUT2D eigenvalue weighted by Crippen LogP contribution is 2.32. The van der Waals surface area contributed by atoms with Crippen LogP contribution in [0.3, 0.4) is 0 Å². The Morgan fingerprint density at radius 1 is 0.905 bits per heavy atom. The molecular formula is C16H14ClF3O. The zero-order chi connectivity index (χ0) is 15.7. The maximum atomic E-state index is 12.5. The monoisotopic (exact) mass is 314 g/mol. The molecule has 0 saturated carbocycles.